The van der Waals surface area contributed by atoms with Gasteiger partial charge in [0.1, 0.15) is 0 Å². The first kappa shape index (κ1) is 21.1. The molecular weight excluding hydrogens is 346 g/mol. The Morgan fingerprint density at radius 3 is 2.75 bits per heavy atom. The number of guanidine groups is 1. The van der Waals surface area contributed by atoms with Crippen molar-refractivity contribution in [1.82, 2.24) is 20.4 Å². The van der Waals surface area contributed by atoms with Gasteiger partial charge < -0.3 is 15.5 Å². The van der Waals surface area contributed by atoms with Crippen LogP contribution in [0.15, 0.2) is 35.3 Å². The molecule has 1 aromatic carbocycles. The van der Waals surface area contributed by atoms with Gasteiger partial charge in [-0.3, -0.25) is 9.89 Å². The number of nitrogens with one attached hydrogen (secondary N) is 2. The van der Waals surface area contributed by atoms with Crippen LogP contribution in [-0.4, -0.2) is 74.2 Å². The minimum absolute atomic E-state index is 0.661. The van der Waals surface area contributed by atoms with E-state index in [1.165, 1.54) is 44.5 Å². The summed E-state index contributed by atoms with van der Waals surface area (Å²) in [6.45, 7) is 13.2. The van der Waals surface area contributed by atoms with Crippen molar-refractivity contribution in [2.45, 2.75) is 45.6 Å². The number of hydrogen-bond acceptors (Lipinski definition) is 3. The van der Waals surface area contributed by atoms with Crippen LogP contribution in [-0.2, 0) is 6.42 Å². The normalized spacial score (nSPS) is 24.0. The molecule has 0 aromatic heterocycles. The lowest BCUT2D eigenvalue weighted by molar-refractivity contribution is 0.267. The minimum atomic E-state index is 0.661. The summed E-state index contributed by atoms with van der Waals surface area (Å²) < 4.78 is 0. The van der Waals surface area contributed by atoms with Crippen LogP contribution < -0.4 is 10.6 Å². The molecule has 1 aromatic rings. The molecule has 0 bridgehead atoms. The second kappa shape index (κ2) is 11.4. The highest BCUT2D eigenvalue weighted by Gasteiger charge is 2.24. The maximum atomic E-state index is 4.91. The summed E-state index contributed by atoms with van der Waals surface area (Å²) in [5, 5.41) is 7.02. The fraction of sp³-hybridized carbons (Fsp3) is 0.696. The van der Waals surface area contributed by atoms with Gasteiger partial charge in [0.25, 0.3) is 0 Å². The highest BCUT2D eigenvalue weighted by Crippen LogP contribution is 2.17. The first-order valence-corrected chi connectivity index (χ1v) is 11.3. The predicted octanol–water partition coefficient (Wildman–Crippen LogP) is 2.59. The summed E-state index contributed by atoms with van der Waals surface area (Å²) in [5.74, 6) is 1.68. The molecule has 2 atom stereocenters. The molecule has 2 heterocycles. The van der Waals surface area contributed by atoms with Crippen molar-refractivity contribution in [2.24, 2.45) is 10.9 Å². The Labute approximate surface area is 171 Å². The van der Waals surface area contributed by atoms with E-state index in [9.17, 15) is 0 Å². The van der Waals surface area contributed by atoms with Crippen molar-refractivity contribution >= 4 is 5.96 Å². The molecule has 5 nitrogen and oxygen atoms in total. The van der Waals surface area contributed by atoms with Gasteiger partial charge >= 0.3 is 0 Å². The van der Waals surface area contributed by atoms with Gasteiger partial charge in [0.2, 0.25) is 0 Å². The Balaban J connectivity index is 1.40. The molecule has 2 saturated heterocycles. The lowest BCUT2D eigenvalue weighted by atomic mass is 10.1. The summed E-state index contributed by atoms with van der Waals surface area (Å²) in [6.07, 6.45) is 5.05. The average molecular weight is 386 g/mol. The van der Waals surface area contributed by atoms with Crippen LogP contribution in [0.3, 0.4) is 0 Å². The molecule has 0 saturated carbocycles. The Kier molecular flexibility index (Phi) is 8.62. The van der Waals surface area contributed by atoms with Gasteiger partial charge in [-0.05, 0) is 63.7 Å². The molecule has 0 amide bonds. The second-order valence-corrected chi connectivity index (χ2v) is 8.22. The van der Waals surface area contributed by atoms with Gasteiger partial charge in [0.15, 0.2) is 5.96 Å². The molecule has 2 unspecified atom stereocenters. The molecule has 0 aliphatic carbocycles. The van der Waals surface area contributed by atoms with Crippen molar-refractivity contribution in [3.8, 4) is 0 Å². The van der Waals surface area contributed by atoms with Crippen LogP contribution in [0.4, 0.5) is 0 Å². The number of likely N-dealkylation sites (N-methyl/N-ethyl adjacent to an activating group) is 1. The Morgan fingerprint density at radius 1 is 1.11 bits per heavy atom. The molecular formula is C23H39N5. The van der Waals surface area contributed by atoms with E-state index in [-0.39, 0.29) is 0 Å². The first-order chi connectivity index (χ1) is 13.8. The van der Waals surface area contributed by atoms with Crippen LogP contribution in [0, 0.1) is 5.92 Å². The van der Waals surface area contributed by atoms with Gasteiger partial charge in [-0.15, -0.1) is 0 Å². The lowest BCUT2D eigenvalue weighted by Crippen LogP contribution is -2.45. The van der Waals surface area contributed by atoms with Crippen molar-refractivity contribution in [3.05, 3.63) is 35.9 Å². The Morgan fingerprint density at radius 2 is 1.96 bits per heavy atom. The summed E-state index contributed by atoms with van der Waals surface area (Å²) >= 11 is 0. The molecule has 2 aliphatic rings. The zero-order valence-corrected chi connectivity index (χ0v) is 17.9. The number of hydrogen-bond donors (Lipinski definition) is 2. The number of nitrogens with zero attached hydrogens (tertiary/aromatic N) is 3. The maximum absolute atomic E-state index is 4.91. The van der Waals surface area contributed by atoms with E-state index in [1.807, 2.05) is 0 Å². The van der Waals surface area contributed by atoms with Crippen molar-refractivity contribution in [2.75, 3.05) is 52.4 Å². The van der Waals surface area contributed by atoms with E-state index in [1.54, 1.807) is 0 Å². The summed E-state index contributed by atoms with van der Waals surface area (Å²) in [4.78, 5) is 10.1. The van der Waals surface area contributed by atoms with Crippen LogP contribution in [0.1, 0.15) is 38.7 Å². The second-order valence-electron chi connectivity index (χ2n) is 8.22. The zero-order chi connectivity index (χ0) is 19.6. The van der Waals surface area contributed by atoms with Crippen molar-refractivity contribution < 1.29 is 0 Å². The average Bonchev–Trinajstić information content (AvgIpc) is 3.38. The number of rotatable bonds is 9. The number of aliphatic imine (C=N–C) groups is 1. The smallest absolute Gasteiger partial charge is 0.191 e. The lowest BCUT2D eigenvalue weighted by Gasteiger charge is -2.24. The van der Waals surface area contributed by atoms with Gasteiger partial charge in [-0.1, -0.05) is 37.3 Å². The molecule has 28 heavy (non-hydrogen) atoms. The van der Waals surface area contributed by atoms with E-state index in [4.69, 9.17) is 4.99 Å². The van der Waals surface area contributed by atoms with E-state index >= 15 is 0 Å². The minimum Gasteiger partial charge on any atom is -0.357 e. The number of likely N-dealkylation sites (tertiary alicyclic amines) is 2. The van der Waals surface area contributed by atoms with Crippen LogP contribution in [0.5, 0.6) is 0 Å². The van der Waals surface area contributed by atoms with Crippen molar-refractivity contribution in [1.29, 1.82) is 0 Å². The van der Waals surface area contributed by atoms with Crippen LogP contribution in [0.2, 0.25) is 0 Å². The molecule has 2 N–H and O–H groups in total. The van der Waals surface area contributed by atoms with E-state index in [0.717, 1.165) is 45.1 Å². The summed E-state index contributed by atoms with van der Waals surface area (Å²) in [5.41, 5.74) is 1.44. The van der Waals surface area contributed by atoms with Gasteiger partial charge in [-0.25, -0.2) is 0 Å². The fourth-order valence-electron chi connectivity index (χ4n) is 4.52. The van der Waals surface area contributed by atoms with Crippen LogP contribution in [0.25, 0.3) is 0 Å². The Bertz CT molecular complexity index is 588. The molecule has 156 valence electrons. The van der Waals surface area contributed by atoms with E-state index in [2.05, 4.69) is 64.6 Å². The van der Waals surface area contributed by atoms with Gasteiger partial charge in [-0.2, -0.15) is 0 Å². The summed E-state index contributed by atoms with van der Waals surface area (Å²) in [7, 11) is 0. The Hall–Kier alpha value is -1.59. The third-order valence-corrected chi connectivity index (χ3v) is 6.19. The summed E-state index contributed by atoms with van der Waals surface area (Å²) in [6, 6.07) is 11.5. The molecule has 5 heteroatoms. The molecule has 2 fully saturated rings. The predicted molar refractivity (Wildman–Crippen MR) is 119 cm³/mol. The standard InChI is InChI=1S/C23H39N5/c1-3-24-23(26-18-22-11-8-14-28(22)4-2)25-17-21-13-16-27(19-21)15-12-20-9-6-5-7-10-20/h5-7,9-10,21-22H,3-4,8,11-19H2,1-2H3,(H2,24,25,26). The molecule has 3 rings (SSSR count). The van der Waals surface area contributed by atoms with Gasteiger partial charge in [0, 0.05) is 38.8 Å². The topological polar surface area (TPSA) is 42.9 Å². The first-order valence-electron chi connectivity index (χ1n) is 11.3. The van der Waals surface area contributed by atoms with Gasteiger partial charge in [0.05, 0.1) is 0 Å². The molecule has 0 radical (unpaired) electrons. The maximum Gasteiger partial charge on any atom is 0.191 e. The van der Waals surface area contributed by atoms with Crippen LogP contribution >= 0.6 is 0 Å². The number of benzene rings is 1. The molecule has 2 aliphatic heterocycles. The highest BCUT2D eigenvalue weighted by atomic mass is 15.2. The van der Waals surface area contributed by atoms with Crippen molar-refractivity contribution in [3.63, 3.8) is 0 Å². The zero-order valence-electron chi connectivity index (χ0n) is 17.9. The SMILES string of the molecule is CCNC(=NCC1CCN(CCc2ccccc2)C1)NCC1CCCN1CC. The largest absolute Gasteiger partial charge is 0.357 e. The molecule has 0 spiro atoms. The third-order valence-electron chi connectivity index (χ3n) is 6.19. The third kappa shape index (κ3) is 6.49. The monoisotopic (exact) mass is 385 g/mol. The van der Waals surface area contributed by atoms with E-state index < -0.39 is 0 Å². The van der Waals surface area contributed by atoms with E-state index in [0.29, 0.717) is 12.0 Å². The highest BCUT2D eigenvalue weighted by molar-refractivity contribution is 5.79. The quantitative estimate of drug-likeness (QED) is 0.507. The fourth-order valence-corrected chi connectivity index (χ4v) is 4.52.